The van der Waals surface area contributed by atoms with Crippen molar-refractivity contribution in [3.8, 4) is 17.2 Å². The lowest BCUT2D eigenvalue weighted by Gasteiger charge is -2.08. The van der Waals surface area contributed by atoms with Crippen LogP contribution in [0.4, 0.5) is 0 Å². The zero-order valence-corrected chi connectivity index (χ0v) is 14.8. The van der Waals surface area contributed by atoms with Crippen LogP contribution < -0.4 is 5.56 Å². The van der Waals surface area contributed by atoms with Crippen LogP contribution in [0.25, 0.3) is 28.2 Å². The molecule has 0 atom stereocenters. The number of nitrogens with zero attached hydrogens (tertiary/aromatic N) is 5. The number of rotatable bonds is 3. The van der Waals surface area contributed by atoms with Gasteiger partial charge in [-0.15, -0.1) is 0 Å². The Kier molecular flexibility index (Phi) is 3.84. The Morgan fingerprint density at radius 3 is 2.69 bits per heavy atom. The van der Waals surface area contributed by atoms with Gasteiger partial charge in [-0.05, 0) is 30.7 Å². The first kappa shape index (κ1) is 16.1. The predicted molar refractivity (Wildman–Crippen MR) is 99.3 cm³/mol. The van der Waals surface area contributed by atoms with Crippen molar-refractivity contribution in [3.05, 3.63) is 64.5 Å². The molecule has 0 aliphatic carbocycles. The highest BCUT2D eigenvalue weighted by atomic mass is 16.1. The highest BCUT2D eigenvalue weighted by Crippen LogP contribution is 2.22. The molecule has 0 unspecified atom stereocenters. The Hall–Kier alpha value is -3.35. The minimum Gasteiger partial charge on any atom is -0.319 e. The number of fused-ring (bicyclic) bond motifs is 1. The van der Waals surface area contributed by atoms with Gasteiger partial charge in [-0.3, -0.25) is 9.78 Å². The maximum absolute atomic E-state index is 12.7. The summed E-state index contributed by atoms with van der Waals surface area (Å²) in [5.74, 6) is 1.21. The number of pyridine rings is 1. The van der Waals surface area contributed by atoms with Crippen LogP contribution in [0.3, 0.4) is 0 Å². The maximum Gasteiger partial charge on any atom is 0.278 e. The highest BCUT2D eigenvalue weighted by molar-refractivity contribution is 5.76. The van der Waals surface area contributed by atoms with E-state index in [1.165, 1.54) is 0 Å². The van der Waals surface area contributed by atoms with Crippen molar-refractivity contribution in [3.63, 3.8) is 0 Å². The highest BCUT2D eigenvalue weighted by Gasteiger charge is 2.20. The Morgan fingerprint density at radius 1 is 1.12 bits per heavy atom. The van der Waals surface area contributed by atoms with Gasteiger partial charge in [0.2, 0.25) is 0 Å². The molecule has 7 heteroatoms. The van der Waals surface area contributed by atoms with Crippen LogP contribution in [0.2, 0.25) is 0 Å². The van der Waals surface area contributed by atoms with Gasteiger partial charge in [0.25, 0.3) is 5.56 Å². The summed E-state index contributed by atoms with van der Waals surface area (Å²) >= 11 is 0. The molecule has 0 aliphatic heterocycles. The topological polar surface area (TPSA) is 89.3 Å². The molecular weight excluding hydrogens is 328 g/mol. The molecule has 26 heavy (non-hydrogen) atoms. The van der Waals surface area contributed by atoms with Crippen molar-refractivity contribution in [2.24, 2.45) is 0 Å². The second-order valence-corrected chi connectivity index (χ2v) is 6.45. The summed E-state index contributed by atoms with van der Waals surface area (Å²) in [7, 11) is 0. The first-order chi connectivity index (χ1) is 12.5. The number of nitrogens with one attached hydrogen (secondary N) is 1. The Labute approximate surface area is 149 Å². The van der Waals surface area contributed by atoms with Crippen molar-refractivity contribution < 1.29 is 0 Å². The van der Waals surface area contributed by atoms with Gasteiger partial charge in [0.1, 0.15) is 0 Å². The first-order valence-electron chi connectivity index (χ1n) is 8.42. The van der Waals surface area contributed by atoms with E-state index in [4.69, 9.17) is 0 Å². The van der Waals surface area contributed by atoms with Crippen molar-refractivity contribution in [1.29, 1.82) is 0 Å². The minimum absolute atomic E-state index is 0.122. The van der Waals surface area contributed by atoms with E-state index in [0.29, 0.717) is 22.7 Å². The quantitative estimate of drug-likeness (QED) is 0.616. The lowest BCUT2D eigenvalue weighted by atomic mass is 10.2. The normalized spacial score (nSPS) is 11.4. The summed E-state index contributed by atoms with van der Waals surface area (Å²) in [4.78, 5) is 28.8. The summed E-state index contributed by atoms with van der Waals surface area (Å²) in [5, 5.41) is 4.62. The molecule has 3 aromatic heterocycles. The van der Waals surface area contributed by atoms with Gasteiger partial charge < -0.3 is 4.98 Å². The van der Waals surface area contributed by atoms with E-state index in [1.807, 2.05) is 51.1 Å². The fourth-order valence-corrected chi connectivity index (χ4v) is 2.78. The van der Waals surface area contributed by atoms with E-state index >= 15 is 0 Å². The third kappa shape index (κ3) is 2.67. The van der Waals surface area contributed by atoms with Crippen LogP contribution >= 0.6 is 0 Å². The number of aromatic amines is 1. The summed E-state index contributed by atoms with van der Waals surface area (Å²) in [5.41, 5.74) is 3.11. The Balaban J connectivity index is 2.01. The molecule has 1 N–H and O–H groups in total. The molecule has 0 saturated carbocycles. The molecule has 0 fully saturated rings. The van der Waals surface area contributed by atoms with Crippen molar-refractivity contribution in [1.82, 2.24) is 29.7 Å². The van der Waals surface area contributed by atoms with Crippen molar-refractivity contribution in [2.75, 3.05) is 0 Å². The molecule has 130 valence electrons. The zero-order valence-electron chi connectivity index (χ0n) is 14.8. The fraction of sp³-hybridized carbons (Fsp3) is 0.211. The fourth-order valence-electron chi connectivity index (χ4n) is 2.78. The van der Waals surface area contributed by atoms with Crippen molar-refractivity contribution >= 4 is 11.0 Å². The lowest BCUT2D eigenvalue weighted by molar-refractivity contribution is 0.752. The second-order valence-electron chi connectivity index (χ2n) is 6.45. The molecule has 4 rings (SSSR count). The molecule has 0 spiro atoms. The lowest BCUT2D eigenvalue weighted by Crippen LogP contribution is -2.15. The van der Waals surface area contributed by atoms with Gasteiger partial charge in [-0.1, -0.05) is 26.0 Å². The monoisotopic (exact) mass is 346 g/mol. The van der Waals surface area contributed by atoms with Crippen LogP contribution in [0.1, 0.15) is 31.2 Å². The SMILES string of the molecule is Cc1cnccc1-n1nc(C(C)C)nc1-c1nc2ccccc2[nH]c1=O. The summed E-state index contributed by atoms with van der Waals surface area (Å²) < 4.78 is 1.68. The van der Waals surface area contributed by atoms with Crippen LogP contribution in [-0.4, -0.2) is 29.7 Å². The molecule has 3 heterocycles. The predicted octanol–water partition coefficient (Wildman–Crippen LogP) is 3.00. The molecule has 4 aromatic rings. The molecule has 7 nitrogen and oxygen atoms in total. The number of hydrogen-bond acceptors (Lipinski definition) is 5. The van der Waals surface area contributed by atoms with E-state index in [-0.39, 0.29) is 17.2 Å². The van der Waals surface area contributed by atoms with E-state index in [1.54, 1.807) is 17.1 Å². The third-order valence-electron chi connectivity index (χ3n) is 4.17. The van der Waals surface area contributed by atoms with E-state index in [0.717, 1.165) is 11.3 Å². The average Bonchev–Trinajstić information content (AvgIpc) is 3.06. The summed E-state index contributed by atoms with van der Waals surface area (Å²) in [6, 6.07) is 9.28. The van der Waals surface area contributed by atoms with Gasteiger partial charge in [-0.25, -0.2) is 14.6 Å². The Bertz CT molecular complexity index is 1160. The number of H-pyrrole nitrogens is 1. The Morgan fingerprint density at radius 2 is 1.92 bits per heavy atom. The average molecular weight is 346 g/mol. The first-order valence-corrected chi connectivity index (χ1v) is 8.42. The molecular formula is C19H18N6O. The van der Waals surface area contributed by atoms with Gasteiger partial charge in [0.05, 0.1) is 16.7 Å². The molecule has 0 saturated heterocycles. The number of aromatic nitrogens is 6. The summed E-state index contributed by atoms with van der Waals surface area (Å²) in [6.45, 7) is 5.97. The largest absolute Gasteiger partial charge is 0.319 e. The van der Waals surface area contributed by atoms with Crippen LogP contribution in [-0.2, 0) is 0 Å². The number of hydrogen-bond donors (Lipinski definition) is 1. The second kappa shape index (κ2) is 6.18. The van der Waals surface area contributed by atoms with Gasteiger partial charge in [0.15, 0.2) is 17.3 Å². The smallest absolute Gasteiger partial charge is 0.278 e. The maximum atomic E-state index is 12.7. The van der Waals surface area contributed by atoms with Crippen LogP contribution in [0.5, 0.6) is 0 Å². The van der Waals surface area contributed by atoms with Gasteiger partial charge in [0, 0.05) is 18.3 Å². The number of benzene rings is 1. The van der Waals surface area contributed by atoms with Gasteiger partial charge in [-0.2, -0.15) is 5.10 Å². The molecule has 0 amide bonds. The standard InChI is InChI=1S/C19H18N6O/c1-11(2)17-23-18(25(24-17)15-8-9-20-10-12(15)3)16-19(26)22-14-7-5-4-6-13(14)21-16/h4-11H,1-3H3,(H,22,26). The van der Waals surface area contributed by atoms with E-state index in [9.17, 15) is 4.79 Å². The van der Waals surface area contributed by atoms with E-state index in [2.05, 4.69) is 25.0 Å². The van der Waals surface area contributed by atoms with Gasteiger partial charge >= 0.3 is 0 Å². The number of aryl methyl sites for hydroxylation is 1. The van der Waals surface area contributed by atoms with Crippen LogP contribution in [0.15, 0.2) is 47.5 Å². The number of para-hydroxylation sites is 2. The van der Waals surface area contributed by atoms with Crippen molar-refractivity contribution in [2.45, 2.75) is 26.7 Å². The minimum atomic E-state index is -0.292. The molecule has 0 aliphatic rings. The van der Waals surface area contributed by atoms with E-state index < -0.39 is 0 Å². The third-order valence-corrected chi connectivity index (χ3v) is 4.17. The molecule has 0 bridgehead atoms. The molecule has 0 radical (unpaired) electrons. The zero-order chi connectivity index (χ0) is 18.3. The molecule has 1 aromatic carbocycles. The van der Waals surface area contributed by atoms with Crippen LogP contribution in [0, 0.1) is 6.92 Å². The summed E-state index contributed by atoms with van der Waals surface area (Å²) in [6.07, 6.45) is 3.45.